The van der Waals surface area contributed by atoms with Gasteiger partial charge >= 0.3 is 0 Å². The Hall–Kier alpha value is -2.13. The fourth-order valence-corrected chi connectivity index (χ4v) is 2.76. The van der Waals surface area contributed by atoms with Crippen molar-refractivity contribution in [3.8, 4) is 0 Å². The second-order valence-electron chi connectivity index (χ2n) is 6.13. The summed E-state index contributed by atoms with van der Waals surface area (Å²) in [6.45, 7) is 8.46. The molecule has 1 amide bonds. The fraction of sp³-hybridized carbons (Fsp3) is 0.316. The summed E-state index contributed by atoms with van der Waals surface area (Å²) < 4.78 is 0. The average molecular weight is 296 g/mol. The van der Waals surface area contributed by atoms with Crippen LogP contribution in [0.3, 0.4) is 0 Å². The molecule has 1 atom stereocenters. The van der Waals surface area contributed by atoms with Crippen LogP contribution in [0.4, 0.5) is 0 Å². The maximum atomic E-state index is 12.5. The lowest BCUT2D eigenvalue weighted by Gasteiger charge is -2.24. The van der Waals surface area contributed by atoms with Crippen molar-refractivity contribution < 1.29 is 4.79 Å². The van der Waals surface area contributed by atoms with Gasteiger partial charge in [0, 0.05) is 6.54 Å². The molecule has 2 rings (SSSR count). The SMILES string of the molecule is Cc1cc(C)c(CNC(=O)C(C)(N)c2ccccc2)c(C)c1. The minimum atomic E-state index is -1.03. The van der Waals surface area contributed by atoms with Crippen molar-refractivity contribution >= 4 is 5.91 Å². The maximum absolute atomic E-state index is 12.5. The lowest BCUT2D eigenvalue weighted by molar-refractivity contribution is -0.126. The highest BCUT2D eigenvalue weighted by atomic mass is 16.2. The minimum Gasteiger partial charge on any atom is -0.350 e. The molecular weight excluding hydrogens is 272 g/mol. The summed E-state index contributed by atoms with van der Waals surface area (Å²) in [7, 11) is 0. The summed E-state index contributed by atoms with van der Waals surface area (Å²) in [5, 5.41) is 2.97. The molecule has 3 N–H and O–H groups in total. The van der Waals surface area contributed by atoms with Gasteiger partial charge in [-0.05, 0) is 49.9 Å². The van der Waals surface area contributed by atoms with Gasteiger partial charge < -0.3 is 11.1 Å². The van der Waals surface area contributed by atoms with Crippen molar-refractivity contribution in [3.05, 3.63) is 70.3 Å². The molecule has 0 aliphatic heterocycles. The summed E-state index contributed by atoms with van der Waals surface area (Å²) in [6, 6.07) is 13.7. The Balaban J connectivity index is 2.14. The second kappa shape index (κ2) is 6.32. The second-order valence-corrected chi connectivity index (χ2v) is 6.13. The van der Waals surface area contributed by atoms with Crippen LogP contribution >= 0.6 is 0 Å². The molecule has 0 bridgehead atoms. The van der Waals surface area contributed by atoms with Gasteiger partial charge in [0.1, 0.15) is 5.54 Å². The van der Waals surface area contributed by atoms with E-state index in [0.29, 0.717) is 6.54 Å². The first kappa shape index (κ1) is 16.2. The first-order valence-electron chi connectivity index (χ1n) is 7.52. The predicted octanol–water partition coefficient (Wildman–Crippen LogP) is 3.10. The molecule has 2 aromatic rings. The molecule has 0 heterocycles. The first-order chi connectivity index (χ1) is 10.3. The zero-order valence-corrected chi connectivity index (χ0v) is 13.7. The maximum Gasteiger partial charge on any atom is 0.244 e. The number of amides is 1. The van der Waals surface area contributed by atoms with Crippen molar-refractivity contribution in [2.75, 3.05) is 0 Å². The van der Waals surface area contributed by atoms with Crippen LogP contribution < -0.4 is 11.1 Å². The van der Waals surface area contributed by atoms with E-state index in [1.54, 1.807) is 6.92 Å². The van der Waals surface area contributed by atoms with Gasteiger partial charge in [0.25, 0.3) is 0 Å². The molecule has 0 saturated heterocycles. The van der Waals surface area contributed by atoms with Crippen molar-refractivity contribution in [2.45, 2.75) is 39.8 Å². The molecule has 0 aliphatic carbocycles. The average Bonchev–Trinajstić information content (AvgIpc) is 2.46. The third-order valence-electron chi connectivity index (χ3n) is 4.11. The normalized spacial score (nSPS) is 13.5. The molecule has 3 nitrogen and oxygen atoms in total. The Morgan fingerprint density at radius 1 is 1.09 bits per heavy atom. The number of carbonyl (C=O) groups excluding carboxylic acids is 1. The van der Waals surface area contributed by atoms with Crippen LogP contribution in [0.15, 0.2) is 42.5 Å². The lowest BCUT2D eigenvalue weighted by atomic mass is 9.92. The fourth-order valence-electron chi connectivity index (χ4n) is 2.76. The number of hydrogen-bond acceptors (Lipinski definition) is 2. The standard InChI is InChI=1S/C19H24N2O/c1-13-10-14(2)17(15(3)11-13)12-21-18(22)19(4,20)16-8-6-5-7-9-16/h5-11H,12,20H2,1-4H3,(H,21,22). The third kappa shape index (κ3) is 3.37. The quantitative estimate of drug-likeness (QED) is 0.911. The van der Waals surface area contributed by atoms with Gasteiger partial charge in [-0.3, -0.25) is 4.79 Å². The number of nitrogens with two attached hydrogens (primary N) is 1. The number of hydrogen-bond donors (Lipinski definition) is 2. The van der Waals surface area contributed by atoms with Crippen LogP contribution in [-0.4, -0.2) is 5.91 Å². The number of aryl methyl sites for hydroxylation is 3. The number of nitrogens with one attached hydrogen (secondary N) is 1. The van der Waals surface area contributed by atoms with Crippen LogP contribution in [0, 0.1) is 20.8 Å². The van der Waals surface area contributed by atoms with Gasteiger partial charge in [0.05, 0.1) is 0 Å². The first-order valence-corrected chi connectivity index (χ1v) is 7.52. The Bertz CT molecular complexity index is 652. The van der Waals surface area contributed by atoms with E-state index in [0.717, 1.165) is 11.1 Å². The molecule has 3 heteroatoms. The van der Waals surface area contributed by atoms with Crippen LogP contribution in [0.5, 0.6) is 0 Å². The Morgan fingerprint density at radius 3 is 2.18 bits per heavy atom. The molecule has 0 aliphatic rings. The molecule has 1 unspecified atom stereocenters. The van der Waals surface area contributed by atoms with E-state index in [4.69, 9.17) is 5.73 Å². The lowest BCUT2D eigenvalue weighted by Crippen LogP contribution is -2.48. The summed E-state index contributed by atoms with van der Waals surface area (Å²) in [5.74, 6) is -0.168. The molecule has 2 aromatic carbocycles. The summed E-state index contributed by atoms with van der Waals surface area (Å²) in [6.07, 6.45) is 0. The van der Waals surface area contributed by atoms with Gasteiger partial charge in [0.2, 0.25) is 5.91 Å². The Kier molecular flexibility index (Phi) is 4.67. The van der Waals surface area contributed by atoms with E-state index < -0.39 is 5.54 Å². The van der Waals surface area contributed by atoms with E-state index in [-0.39, 0.29) is 5.91 Å². The molecule has 0 fully saturated rings. The van der Waals surface area contributed by atoms with Crippen LogP contribution in [0.25, 0.3) is 0 Å². The van der Waals surface area contributed by atoms with Crippen molar-refractivity contribution in [3.63, 3.8) is 0 Å². The van der Waals surface area contributed by atoms with Gasteiger partial charge in [-0.15, -0.1) is 0 Å². The summed E-state index contributed by atoms with van der Waals surface area (Å²) >= 11 is 0. The molecule has 0 saturated carbocycles. The van der Waals surface area contributed by atoms with Crippen molar-refractivity contribution in [1.82, 2.24) is 5.32 Å². The molecule has 0 aromatic heterocycles. The molecule has 0 spiro atoms. The van der Waals surface area contributed by atoms with Crippen LogP contribution in [0.1, 0.15) is 34.7 Å². The molecule has 22 heavy (non-hydrogen) atoms. The van der Waals surface area contributed by atoms with E-state index in [1.165, 1.54) is 16.7 Å². The Morgan fingerprint density at radius 2 is 1.64 bits per heavy atom. The molecule has 0 radical (unpaired) electrons. The zero-order valence-electron chi connectivity index (χ0n) is 13.7. The van der Waals surface area contributed by atoms with Gasteiger partial charge in [-0.2, -0.15) is 0 Å². The van der Waals surface area contributed by atoms with E-state index in [1.807, 2.05) is 30.3 Å². The van der Waals surface area contributed by atoms with Gasteiger partial charge in [-0.25, -0.2) is 0 Å². The largest absolute Gasteiger partial charge is 0.350 e. The summed E-state index contributed by atoms with van der Waals surface area (Å²) in [5.41, 5.74) is 10.8. The highest BCUT2D eigenvalue weighted by Gasteiger charge is 2.30. The van der Waals surface area contributed by atoms with Crippen LogP contribution in [-0.2, 0) is 16.9 Å². The minimum absolute atomic E-state index is 0.168. The summed E-state index contributed by atoms with van der Waals surface area (Å²) in [4.78, 5) is 12.5. The molecule has 116 valence electrons. The van der Waals surface area contributed by atoms with Crippen molar-refractivity contribution in [1.29, 1.82) is 0 Å². The predicted molar refractivity (Wildman–Crippen MR) is 90.5 cm³/mol. The number of benzene rings is 2. The number of carbonyl (C=O) groups is 1. The van der Waals surface area contributed by atoms with Gasteiger partial charge in [-0.1, -0.05) is 48.0 Å². The molecular formula is C19H24N2O. The van der Waals surface area contributed by atoms with E-state index >= 15 is 0 Å². The monoisotopic (exact) mass is 296 g/mol. The topological polar surface area (TPSA) is 55.1 Å². The van der Waals surface area contributed by atoms with Crippen molar-refractivity contribution in [2.24, 2.45) is 5.73 Å². The van der Waals surface area contributed by atoms with Gasteiger partial charge in [0.15, 0.2) is 0 Å². The smallest absolute Gasteiger partial charge is 0.244 e. The number of rotatable bonds is 4. The van der Waals surface area contributed by atoms with E-state index in [9.17, 15) is 4.79 Å². The third-order valence-corrected chi connectivity index (χ3v) is 4.11. The van der Waals surface area contributed by atoms with Crippen LogP contribution in [0.2, 0.25) is 0 Å². The Labute approximate surface area is 132 Å². The highest BCUT2D eigenvalue weighted by Crippen LogP contribution is 2.19. The van der Waals surface area contributed by atoms with E-state index in [2.05, 4.69) is 38.2 Å². The highest BCUT2D eigenvalue weighted by molar-refractivity contribution is 5.87. The zero-order chi connectivity index (χ0) is 16.3.